The zero-order chi connectivity index (χ0) is 12.7. The molecule has 0 aliphatic rings. The Morgan fingerprint density at radius 3 is 2.65 bits per heavy atom. The fourth-order valence-electron chi connectivity index (χ4n) is 1.40. The summed E-state index contributed by atoms with van der Waals surface area (Å²) in [6.07, 6.45) is 2.28. The van der Waals surface area contributed by atoms with Crippen molar-refractivity contribution in [3.8, 4) is 5.75 Å². The zero-order valence-electron chi connectivity index (χ0n) is 11.5. The van der Waals surface area contributed by atoms with Crippen LogP contribution in [0, 0.1) is 5.41 Å². The molecular formula is C15H25NO. The highest BCUT2D eigenvalue weighted by Gasteiger charge is 2.09. The van der Waals surface area contributed by atoms with Crippen molar-refractivity contribution in [2.24, 2.45) is 5.41 Å². The molecule has 0 atom stereocenters. The van der Waals surface area contributed by atoms with Gasteiger partial charge in [-0.1, -0.05) is 40.2 Å². The molecule has 1 aromatic rings. The van der Waals surface area contributed by atoms with E-state index >= 15 is 0 Å². The minimum atomic E-state index is 0.291. The number of rotatable bonds is 6. The fraction of sp³-hybridized carbons (Fsp3) is 0.600. The van der Waals surface area contributed by atoms with Crippen LogP contribution in [0.5, 0.6) is 5.75 Å². The lowest BCUT2D eigenvalue weighted by Crippen LogP contribution is -2.18. The first-order valence-electron chi connectivity index (χ1n) is 6.48. The van der Waals surface area contributed by atoms with E-state index in [1.165, 1.54) is 6.42 Å². The lowest BCUT2D eigenvalue weighted by atomic mass is 9.97. The van der Waals surface area contributed by atoms with E-state index in [9.17, 15) is 0 Å². The summed E-state index contributed by atoms with van der Waals surface area (Å²) in [5, 5.41) is 3.44. The van der Waals surface area contributed by atoms with E-state index in [0.717, 1.165) is 31.0 Å². The number of nitrogens with one attached hydrogen (secondary N) is 1. The molecule has 1 N–H and O–H groups in total. The highest BCUT2D eigenvalue weighted by molar-refractivity contribution is 5.48. The summed E-state index contributed by atoms with van der Waals surface area (Å²) in [5.74, 6) is 0.956. The van der Waals surface area contributed by atoms with Crippen molar-refractivity contribution in [3.05, 3.63) is 24.3 Å². The molecule has 0 aliphatic heterocycles. The van der Waals surface area contributed by atoms with Crippen LogP contribution in [0.4, 0.5) is 5.69 Å². The molecule has 0 heterocycles. The Balaban J connectivity index is 2.48. The first-order chi connectivity index (χ1) is 8.01. The molecule has 2 heteroatoms. The zero-order valence-corrected chi connectivity index (χ0v) is 11.5. The number of unbranched alkanes of at least 4 members (excludes halogenated alkanes) is 1. The minimum absolute atomic E-state index is 0.291. The third kappa shape index (κ3) is 6.20. The maximum atomic E-state index is 5.68. The van der Waals surface area contributed by atoms with Gasteiger partial charge in [-0.3, -0.25) is 0 Å². The largest absolute Gasteiger partial charge is 0.494 e. The number of hydrogen-bond acceptors (Lipinski definition) is 2. The smallest absolute Gasteiger partial charge is 0.121 e. The van der Waals surface area contributed by atoms with Crippen LogP contribution in [0.15, 0.2) is 24.3 Å². The van der Waals surface area contributed by atoms with Crippen LogP contribution in [-0.2, 0) is 0 Å². The van der Waals surface area contributed by atoms with E-state index in [2.05, 4.69) is 45.1 Å². The average Bonchev–Trinajstić information content (AvgIpc) is 2.27. The highest BCUT2D eigenvalue weighted by atomic mass is 16.5. The van der Waals surface area contributed by atoms with E-state index in [-0.39, 0.29) is 0 Å². The summed E-state index contributed by atoms with van der Waals surface area (Å²) in [6.45, 7) is 10.6. The molecule has 0 aliphatic carbocycles. The molecule has 0 fully saturated rings. The predicted molar refractivity (Wildman–Crippen MR) is 74.8 cm³/mol. The van der Waals surface area contributed by atoms with Gasteiger partial charge in [-0.15, -0.1) is 0 Å². The van der Waals surface area contributed by atoms with Gasteiger partial charge in [0.25, 0.3) is 0 Å². The van der Waals surface area contributed by atoms with Gasteiger partial charge in [0.2, 0.25) is 0 Å². The van der Waals surface area contributed by atoms with Crippen LogP contribution in [0.1, 0.15) is 40.5 Å². The Morgan fingerprint density at radius 1 is 1.24 bits per heavy atom. The Morgan fingerprint density at radius 2 is 2.00 bits per heavy atom. The molecule has 0 aromatic heterocycles. The summed E-state index contributed by atoms with van der Waals surface area (Å²) >= 11 is 0. The van der Waals surface area contributed by atoms with Gasteiger partial charge in [0.15, 0.2) is 0 Å². The Bertz CT molecular complexity index is 328. The van der Waals surface area contributed by atoms with Gasteiger partial charge in [0, 0.05) is 18.3 Å². The Hall–Kier alpha value is -1.18. The first-order valence-corrected chi connectivity index (χ1v) is 6.48. The van der Waals surface area contributed by atoms with Crippen molar-refractivity contribution < 1.29 is 4.74 Å². The highest BCUT2D eigenvalue weighted by Crippen LogP contribution is 2.20. The Labute approximate surface area is 105 Å². The molecule has 0 radical (unpaired) electrons. The summed E-state index contributed by atoms with van der Waals surface area (Å²) in [4.78, 5) is 0. The molecule has 0 saturated heterocycles. The molecule has 0 saturated carbocycles. The van der Waals surface area contributed by atoms with E-state index in [0.29, 0.717) is 5.41 Å². The standard InChI is InChI=1S/C15H25NO/c1-5-6-10-17-14-9-7-8-13(11-14)16-12-15(2,3)4/h7-9,11,16H,5-6,10,12H2,1-4H3. The third-order valence-corrected chi connectivity index (χ3v) is 2.42. The van der Waals surface area contributed by atoms with Gasteiger partial charge in [-0.25, -0.2) is 0 Å². The second kappa shape index (κ2) is 6.53. The van der Waals surface area contributed by atoms with E-state index in [1.807, 2.05) is 12.1 Å². The van der Waals surface area contributed by atoms with Crippen LogP contribution >= 0.6 is 0 Å². The van der Waals surface area contributed by atoms with Crippen molar-refractivity contribution in [1.29, 1.82) is 0 Å². The third-order valence-electron chi connectivity index (χ3n) is 2.42. The second-order valence-electron chi connectivity index (χ2n) is 5.64. The fourth-order valence-corrected chi connectivity index (χ4v) is 1.40. The average molecular weight is 235 g/mol. The van der Waals surface area contributed by atoms with Crippen LogP contribution in [0.3, 0.4) is 0 Å². The van der Waals surface area contributed by atoms with Crippen molar-refractivity contribution in [2.45, 2.75) is 40.5 Å². The predicted octanol–water partition coefficient (Wildman–Crippen LogP) is 4.32. The van der Waals surface area contributed by atoms with Gasteiger partial charge >= 0.3 is 0 Å². The number of ether oxygens (including phenoxy) is 1. The van der Waals surface area contributed by atoms with Gasteiger partial charge < -0.3 is 10.1 Å². The molecule has 0 bridgehead atoms. The van der Waals surface area contributed by atoms with Crippen molar-refractivity contribution >= 4 is 5.69 Å². The molecule has 96 valence electrons. The summed E-state index contributed by atoms with van der Waals surface area (Å²) in [7, 11) is 0. The molecule has 2 nitrogen and oxygen atoms in total. The van der Waals surface area contributed by atoms with Crippen molar-refractivity contribution in [2.75, 3.05) is 18.5 Å². The number of benzene rings is 1. The number of hydrogen-bond donors (Lipinski definition) is 1. The van der Waals surface area contributed by atoms with Crippen LogP contribution in [0.25, 0.3) is 0 Å². The summed E-state index contributed by atoms with van der Waals surface area (Å²) in [5.41, 5.74) is 1.42. The normalized spacial score (nSPS) is 11.3. The van der Waals surface area contributed by atoms with Crippen molar-refractivity contribution in [1.82, 2.24) is 0 Å². The van der Waals surface area contributed by atoms with Crippen LogP contribution in [-0.4, -0.2) is 13.2 Å². The number of anilines is 1. The molecule has 1 aromatic carbocycles. The topological polar surface area (TPSA) is 21.3 Å². The van der Waals surface area contributed by atoms with E-state index < -0.39 is 0 Å². The molecule has 0 amide bonds. The Kier molecular flexibility index (Phi) is 5.33. The van der Waals surface area contributed by atoms with Gasteiger partial charge in [-0.2, -0.15) is 0 Å². The lowest BCUT2D eigenvalue weighted by Gasteiger charge is -2.20. The van der Waals surface area contributed by atoms with Crippen molar-refractivity contribution in [3.63, 3.8) is 0 Å². The van der Waals surface area contributed by atoms with Gasteiger partial charge in [0.1, 0.15) is 5.75 Å². The SMILES string of the molecule is CCCCOc1cccc(NCC(C)(C)C)c1. The lowest BCUT2D eigenvalue weighted by molar-refractivity contribution is 0.309. The van der Waals surface area contributed by atoms with Crippen LogP contribution < -0.4 is 10.1 Å². The molecule has 17 heavy (non-hydrogen) atoms. The monoisotopic (exact) mass is 235 g/mol. The van der Waals surface area contributed by atoms with Gasteiger partial charge in [-0.05, 0) is 24.0 Å². The molecule has 1 rings (SSSR count). The van der Waals surface area contributed by atoms with Crippen LogP contribution in [0.2, 0.25) is 0 Å². The minimum Gasteiger partial charge on any atom is -0.494 e. The second-order valence-corrected chi connectivity index (χ2v) is 5.64. The van der Waals surface area contributed by atoms with E-state index in [1.54, 1.807) is 0 Å². The molecular weight excluding hydrogens is 210 g/mol. The quantitative estimate of drug-likeness (QED) is 0.741. The van der Waals surface area contributed by atoms with E-state index in [4.69, 9.17) is 4.74 Å². The maximum absolute atomic E-state index is 5.68. The first kappa shape index (κ1) is 13.9. The van der Waals surface area contributed by atoms with Gasteiger partial charge in [0.05, 0.1) is 6.61 Å². The maximum Gasteiger partial charge on any atom is 0.121 e. The molecule has 0 spiro atoms. The summed E-state index contributed by atoms with van der Waals surface area (Å²) in [6, 6.07) is 8.20. The summed E-state index contributed by atoms with van der Waals surface area (Å²) < 4.78 is 5.68. The molecule has 0 unspecified atom stereocenters.